The molecule has 1 heterocycles. The summed E-state index contributed by atoms with van der Waals surface area (Å²) in [5.74, 6) is 1.51. The van der Waals surface area contributed by atoms with Gasteiger partial charge in [0.1, 0.15) is 5.15 Å². The summed E-state index contributed by atoms with van der Waals surface area (Å²) in [6.07, 6.45) is 2.64. The van der Waals surface area contributed by atoms with E-state index < -0.39 is 0 Å². The van der Waals surface area contributed by atoms with Gasteiger partial charge in [0.2, 0.25) is 0 Å². The van der Waals surface area contributed by atoms with Gasteiger partial charge in [0.25, 0.3) is 0 Å². The number of halogens is 1. The van der Waals surface area contributed by atoms with Gasteiger partial charge in [-0.05, 0) is 43.2 Å². The molecule has 0 spiro atoms. The molecule has 1 aromatic carbocycles. The Morgan fingerprint density at radius 3 is 2.73 bits per heavy atom. The minimum atomic E-state index is 0.104. The van der Waals surface area contributed by atoms with E-state index in [1.807, 2.05) is 24.3 Å². The van der Waals surface area contributed by atoms with E-state index >= 15 is 0 Å². The smallest absolute Gasteiger partial charge is 0.161 e. The van der Waals surface area contributed by atoms with Gasteiger partial charge in [-0.3, -0.25) is 0 Å². The second-order valence-electron chi connectivity index (χ2n) is 4.99. The van der Waals surface area contributed by atoms with E-state index in [1.165, 1.54) is 0 Å². The standard InChI is InChI=1S/C17H21ClN2O2/c1-4-9-22-15-6-5-13(10-16(15)21-3)12(2)20-14-7-8-19-17(18)11-14/h5-8,10-12H,4,9H2,1-3H3,(H,19,20). The molecule has 0 aliphatic carbocycles. The molecule has 22 heavy (non-hydrogen) atoms. The van der Waals surface area contributed by atoms with Crippen LogP contribution in [0.15, 0.2) is 36.5 Å². The Bertz CT molecular complexity index is 619. The zero-order chi connectivity index (χ0) is 15.9. The predicted octanol–water partition coefficient (Wildman–Crippen LogP) is 4.71. The van der Waals surface area contributed by atoms with Crippen LogP contribution >= 0.6 is 11.6 Å². The highest BCUT2D eigenvalue weighted by molar-refractivity contribution is 6.29. The summed E-state index contributed by atoms with van der Waals surface area (Å²) in [6, 6.07) is 9.76. The maximum Gasteiger partial charge on any atom is 0.161 e. The number of aromatic nitrogens is 1. The van der Waals surface area contributed by atoms with Crippen LogP contribution in [0.1, 0.15) is 31.9 Å². The van der Waals surface area contributed by atoms with Crippen LogP contribution in [0.2, 0.25) is 5.15 Å². The summed E-state index contributed by atoms with van der Waals surface area (Å²) in [4.78, 5) is 3.98. The second-order valence-corrected chi connectivity index (χ2v) is 5.38. The average molecular weight is 321 g/mol. The van der Waals surface area contributed by atoms with E-state index in [0.29, 0.717) is 11.8 Å². The van der Waals surface area contributed by atoms with Gasteiger partial charge in [-0.2, -0.15) is 0 Å². The maximum absolute atomic E-state index is 5.90. The number of hydrogen-bond donors (Lipinski definition) is 1. The van der Waals surface area contributed by atoms with Gasteiger partial charge in [0.15, 0.2) is 11.5 Å². The van der Waals surface area contributed by atoms with E-state index in [2.05, 4.69) is 24.1 Å². The molecule has 2 aromatic rings. The van der Waals surface area contributed by atoms with Crippen LogP contribution in [0.5, 0.6) is 11.5 Å². The first kappa shape index (κ1) is 16.4. The molecule has 1 aromatic heterocycles. The van der Waals surface area contributed by atoms with E-state index in [-0.39, 0.29) is 6.04 Å². The molecule has 0 amide bonds. The Morgan fingerprint density at radius 1 is 1.23 bits per heavy atom. The molecule has 0 aliphatic rings. The highest BCUT2D eigenvalue weighted by Crippen LogP contribution is 2.31. The molecule has 118 valence electrons. The number of hydrogen-bond acceptors (Lipinski definition) is 4. The minimum Gasteiger partial charge on any atom is -0.493 e. The normalized spacial score (nSPS) is 11.8. The van der Waals surface area contributed by atoms with Crippen LogP contribution in [0.3, 0.4) is 0 Å². The van der Waals surface area contributed by atoms with Crippen molar-refractivity contribution >= 4 is 17.3 Å². The monoisotopic (exact) mass is 320 g/mol. The zero-order valence-corrected chi connectivity index (χ0v) is 13.9. The van der Waals surface area contributed by atoms with E-state index in [0.717, 1.165) is 29.2 Å². The third kappa shape index (κ3) is 4.28. The van der Waals surface area contributed by atoms with Crippen molar-refractivity contribution in [2.75, 3.05) is 19.0 Å². The Kier molecular flexibility index (Phi) is 5.90. The number of nitrogens with one attached hydrogen (secondary N) is 1. The third-order valence-electron chi connectivity index (χ3n) is 3.26. The predicted molar refractivity (Wildman–Crippen MR) is 90.1 cm³/mol. The molecule has 0 bridgehead atoms. The Labute approximate surface area is 136 Å². The van der Waals surface area contributed by atoms with Crippen LogP contribution < -0.4 is 14.8 Å². The van der Waals surface area contributed by atoms with Crippen molar-refractivity contribution in [2.24, 2.45) is 0 Å². The lowest BCUT2D eigenvalue weighted by molar-refractivity contribution is 0.294. The van der Waals surface area contributed by atoms with Gasteiger partial charge >= 0.3 is 0 Å². The molecule has 1 N–H and O–H groups in total. The number of pyridine rings is 1. The second kappa shape index (κ2) is 7.90. The molecule has 0 saturated heterocycles. The number of anilines is 1. The molecule has 0 aliphatic heterocycles. The molecule has 0 fully saturated rings. The summed E-state index contributed by atoms with van der Waals surface area (Å²) in [7, 11) is 1.65. The van der Waals surface area contributed by atoms with Gasteiger partial charge in [-0.15, -0.1) is 0 Å². The molecule has 0 saturated carbocycles. The Morgan fingerprint density at radius 2 is 2.05 bits per heavy atom. The number of rotatable bonds is 7. The van der Waals surface area contributed by atoms with Crippen molar-refractivity contribution in [3.63, 3.8) is 0 Å². The maximum atomic E-state index is 5.90. The van der Waals surface area contributed by atoms with Crippen molar-refractivity contribution in [2.45, 2.75) is 26.3 Å². The van der Waals surface area contributed by atoms with E-state index in [4.69, 9.17) is 21.1 Å². The summed E-state index contributed by atoms with van der Waals surface area (Å²) < 4.78 is 11.1. The van der Waals surface area contributed by atoms with Gasteiger partial charge in [-0.25, -0.2) is 4.98 Å². The largest absolute Gasteiger partial charge is 0.493 e. The number of nitrogens with zero attached hydrogens (tertiary/aromatic N) is 1. The fourth-order valence-electron chi connectivity index (χ4n) is 2.11. The van der Waals surface area contributed by atoms with Crippen LogP contribution in [0.4, 0.5) is 5.69 Å². The van der Waals surface area contributed by atoms with Gasteiger partial charge in [0, 0.05) is 17.9 Å². The van der Waals surface area contributed by atoms with Crippen molar-refractivity contribution in [1.29, 1.82) is 0 Å². The van der Waals surface area contributed by atoms with E-state index in [9.17, 15) is 0 Å². The van der Waals surface area contributed by atoms with Crippen molar-refractivity contribution in [3.05, 3.63) is 47.2 Å². The topological polar surface area (TPSA) is 43.4 Å². The molecule has 5 heteroatoms. The summed E-state index contributed by atoms with van der Waals surface area (Å²) >= 11 is 5.90. The van der Waals surface area contributed by atoms with Crippen molar-refractivity contribution in [3.8, 4) is 11.5 Å². The zero-order valence-electron chi connectivity index (χ0n) is 13.1. The minimum absolute atomic E-state index is 0.104. The quantitative estimate of drug-likeness (QED) is 0.751. The highest BCUT2D eigenvalue weighted by Gasteiger charge is 2.11. The number of methoxy groups -OCH3 is 1. The Hall–Kier alpha value is -1.94. The fourth-order valence-corrected chi connectivity index (χ4v) is 2.28. The molecule has 4 nitrogen and oxygen atoms in total. The summed E-state index contributed by atoms with van der Waals surface area (Å²) in [5.41, 5.74) is 2.03. The molecule has 1 atom stereocenters. The van der Waals surface area contributed by atoms with Gasteiger partial charge in [-0.1, -0.05) is 24.6 Å². The fraction of sp³-hybridized carbons (Fsp3) is 0.353. The Balaban J connectivity index is 2.13. The number of benzene rings is 1. The third-order valence-corrected chi connectivity index (χ3v) is 3.47. The van der Waals surface area contributed by atoms with Crippen molar-refractivity contribution in [1.82, 2.24) is 4.98 Å². The number of ether oxygens (including phenoxy) is 2. The lowest BCUT2D eigenvalue weighted by atomic mass is 10.1. The molecular weight excluding hydrogens is 300 g/mol. The first-order chi connectivity index (χ1) is 10.6. The average Bonchev–Trinajstić information content (AvgIpc) is 2.52. The van der Waals surface area contributed by atoms with Crippen LogP contribution in [0.25, 0.3) is 0 Å². The van der Waals surface area contributed by atoms with E-state index in [1.54, 1.807) is 19.4 Å². The van der Waals surface area contributed by atoms with Gasteiger partial charge < -0.3 is 14.8 Å². The first-order valence-corrected chi connectivity index (χ1v) is 7.70. The molecule has 2 rings (SSSR count). The molecule has 1 unspecified atom stereocenters. The lowest BCUT2D eigenvalue weighted by Gasteiger charge is -2.18. The lowest BCUT2D eigenvalue weighted by Crippen LogP contribution is -2.07. The van der Waals surface area contributed by atoms with Crippen LogP contribution in [-0.4, -0.2) is 18.7 Å². The highest BCUT2D eigenvalue weighted by atomic mass is 35.5. The molecular formula is C17H21ClN2O2. The first-order valence-electron chi connectivity index (χ1n) is 7.33. The van der Waals surface area contributed by atoms with Crippen molar-refractivity contribution < 1.29 is 9.47 Å². The SMILES string of the molecule is CCCOc1ccc(C(C)Nc2ccnc(Cl)c2)cc1OC. The summed E-state index contributed by atoms with van der Waals surface area (Å²) in [6.45, 7) is 4.83. The van der Waals surface area contributed by atoms with Gasteiger partial charge in [0.05, 0.1) is 13.7 Å². The summed E-state index contributed by atoms with van der Waals surface area (Å²) in [5, 5.41) is 3.86. The van der Waals surface area contributed by atoms with Crippen LogP contribution in [0, 0.1) is 0 Å². The van der Waals surface area contributed by atoms with Crippen LogP contribution in [-0.2, 0) is 0 Å². The molecule has 0 radical (unpaired) electrons.